The summed E-state index contributed by atoms with van der Waals surface area (Å²) in [6.07, 6.45) is 1.90. The van der Waals surface area contributed by atoms with Gasteiger partial charge in [-0.25, -0.2) is 21.9 Å². The Hall–Kier alpha value is -1.01. The first-order valence-corrected chi connectivity index (χ1v) is 6.86. The number of rotatable bonds is 4. The smallest absolute Gasteiger partial charge is 0.208 e. The normalized spacial score (nSPS) is 18.1. The highest BCUT2D eigenvalue weighted by atomic mass is 32.2. The molecule has 94 valence electrons. The van der Waals surface area contributed by atoms with E-state index in [4.69, 9.17) is 0 Å². The van der Waals surface area contributed by atoms with Crippen LogP contribution in [-0.4, -0.2) is 14.5 Å². The van der Waals surface area contributed by atoms with E-state index in [2.05, 4.69) is 4.72 Å². The highest BCUT2D eigenvalue weighted by Crippen LogP contribution is 2.33. The van der Waals surface area contributed by atoms with Crippen LogP contribution < -0.4 is 4.72 Å². The average Bonchev–Trinajstić information content (AvgIpc) is 2.98. The van der Waals surface area contributed by atoms with Gasteiger partial charge < -0.3 is 0 Å². The zero-order valence-electron chi connectivity index (χ0n) is 9.28. The van der Waals surface area contributed by atoms with Crippen molar-refractivity contribution in [2.75, 3.05) is 0 Å². The summed E-state index contributed by atoms with van der Waals surface area (Å²) in [7, 11) is -4.13. The molecule has 0 spiro atoms. The monoisotopic (exact) mass is 261 g/mol. The zero-order valence-corrected chi connectivity index (χ0v) is 10.1. The highest BCUT2D eigenvalue weighted by molar-refractivity contribution is 7.89. The van der Waals surface area contributed by atoms with E-state index in [0.29, 0.717) is 0 Å². The number of benzene rings is 1. The number of halogens is 2. The van der Waals surface area contributed by atoms with E-state index < -0.39 is 26.6 Å². The summed E-state index contributed by atoms with van der Waals surface area (Å²) in [5, 5.41) is 0. The molecule has 17 heavy (non-hydrogen) atoms. The van der Waals surface area contributed by atoms with Gasteiger partial charge in [-0.1, -0.05) is 6.07 Å². The van der Waals surface area contributed by atoms with E-state index in [9.17, 15) is 17.2 Å². The molecule has 0 heterocycles. The molecule has 1 saturated carbocycles. The standard InChI is InChI=1S/C11H13F2NO2S/c1-7(8-5-6-8)14-17(15,16)11-9(12)3-2-4-10(11)13/h2-4,7-8,14H,5-6H2,1H3/t7-/m1/s1. The van der Waals surface area contributed by atoms with Gasteiger partial charge in [-0.15, -0.1) is 0 Å². The van der Waals surface area contributed by atoms with Crippen LogP contribution in [0.2, 0.25) is 0 Å². The van der Waals surface area contributed by atoms with Crippen LogP contribution >= 0.6 is 0 Å². The van der Waals surface area contributed by atoms with Crippen molar-refractivity contribution in [1.29, 1.82) is 0 Å². The second-order valence-corrected chi connectivity index (χ2v) is 5.95. The molecule has 0 aliphatic heterocycles. The molecule has 3 nitrogen and oxygen atoms in total. The van der Waals surface area contributed by atoms with Crippen molar-refractivity contribution in [3.8, 4) is 0 Å². The summed E-state index contributed by atoms with van der Waals surface area (Å²) in [6, 6.07) is 2.70. The van der Waals surface area contributed by atoms with Gasteiger partial charge in [-0.3, -0.25) is 0 Å². The Balaban J connectivity index is 2.30. The summed E-state index contributed by atoms with van der Waals surface area (Å²) in [5.41, 5.74) is 0. The zero-order chi connectivity index (χ0) is 12.6. The van der Waals surface area contributed by atoms with Gasteiger partial charge in [0.1, 0.15) is 11.6 Å². The summed E-state index contributed by atoms with van der Waals surface area (Å²) < 4.78 is 52.7. The van der Waals surface area contributed by atoms with E-state index in [1.54, 1.807) is 6.92 Å². The molecule has 1 N–H and O–H groups in total. The van der Waals surface area contributed by atoms with E-state index in [1.165, 1.54) is 0 Å². The lowest BCUT2D eigenvalue weighted by Crippen LogP contribution is -2.35. The maximum atomic E-state index is 13.4. The lowest BCUT2D eigenvalue weighted by Gasteiger charge is -2.14. The van der Waals surface area contributed by atoms with E-state index in [-0.39, 0.29) is 12.0 Å². The molecule has 0 amide bonds. The maximum absolute atomic E-state index is 13.4. The first-order valence-electron chi connectivity index (χ1n) is 5.38. The van der Waals surface area contributed by atoms with Gasteiger partial charge in [0.05, 0.1) is 0 Å². The molecule has 0 aromatic heterocycles. The van der Waals surface area contributed by atoms with Gasteiger partial charge in [0.15, 0.2) is 4.90 Å². The fraction of sp³-hybridized carbons (Fsp3) is 0.455. The van der Waals surface area contributed by atoms with Crippen LogP contribution in [0, 0.1) is 17.6 Å². The molecule has 0 saturated heterocycles. The SMILES string of the molecule is C[C@@H](NS(=O)(=O)c1c(F)cccc1F)C1CC1. The predicted octanol–water partition coefficient (Wildman–Crippen LogP) is 2.04. The number of hydrogen-bond donors (Lipinski definition) is 1. The molecular weight excluding hydrogens is 248 g/mol. The molecule has 1 aliphatic carbocycles. The molecule has 0 bridgehead atoms. The summed E-state index contributed by atoms with van der Waals surface area (Å²) in [5.74, 6) is -1.86. The molecule has 1 atom stereocenters. The quantitative estimate of drug-likeness (QED) is 0.901. The van der Waals surface area contributed by atoms with E-state index in [0.717, 1.165) is 31.0 Å². The first-order chi connectivity index (χ1) is 7.92. The van der Waals surface area contributed by atoms with Crippen LogP contribution in [0.15, 0.2) is 23.1 Å². The van der Waals surface area contributed by atoms with Crippen LogP contribution in [0.3, 0.4) is 0 Å². The molecule has 6 heteroatoms. The fourth-order valence-corrected chi connectivity index (χ4v) is 3.18. The molecular formula is C11H13F2NO2S. The minimum atomic E-state index is -4.13. The van der Waals surface area contributed by atoms with Gasteiger partial charge in [0.2, 0.25) is 10.0 Å². The summed E-state index contributed by atoms with van der Waals surface area (Å²) in [4.78, 5) is -0.896. The molecule has 1 aromatic rings. The Kier molecular flexibility index (Phi) is 3.18. The largest absolute Gasteiger partial charge is 0.246 e. The number of nitrogens with one attached hydrogen (secondary N) is 1. The van der Waals surface area contributed by atoms with Gasteiger partial charge in [0.25, 0.3) is 0 Å². The minimum Gasteiger partial charge on any atom is -0.208 e. The second kappa shape index (κ2) is 4.34. The van der Waals surface area contributed by atoms with Crippen molar-refractivity contribution in [1.82, 2.24) is 4.72 Å². The average molecular weight is 261 g/mol. The van der Waals surface area contributed by atoms with Gasteiger partial charge in [-0.2, -0.15) is 0 Å². The number of hydrogen-bond acceptors (Lipinski definition) is 2. The minimum absolute atomic E-state index is 0.277. The van der Waals surface area contributed by atoms with Crippen LogP contribution in [0.5, 0.6) is 0 Å². The maximum Gasteiger partial charge on any atom is 0.246 e. The van der Waals surface area contributed by atoms with Crippen molar-refractivity contribution in [3.63, 3.8) is 0 Å². The van der Waals surface area contributed by atoms with Gasteiger partial charge >= 0.3 is 0 Å². The Labute approximate surface area is 98.9 Å². The van der Waals surface area contributed by atoms with Crippen LogP contribution in [0.25, 0.3) is 0 Å². The molecule has 1 aromatic carbocycles. The highest BCUT2D eigenvalue weighted by Gasteiger charge is 2.33. The number of sulfonamides is 1. The van der Waals surface area contributed by atoms with Crippen molar-refractivity contribution >= 4 is 10.0 Å². The van der Waals surface area contributed by atoms with E-state index >= 15 is 0 Å². The lowest BCUT2D eigenvalue weighted by molar-refractivity contribution is 0.500. The third kappa shape index (κ3) is 2.63. The summed E-state index contributed by atoms with van der Waals surface area (Å²) in [6.45, 7) is 1.70. The Morgan fingerprint density at radius 1 is 1.29 bits per heavy atom. The van der Waals surface area contributed by atoms with Crippen molar-refractivity contribution in [3.05, 3.63) is 29.8 Å². The fourth-order valence-electron chi connectivity index (χ4n) is 1.74. The van der Waals surface area contributed by atoms with Crippen molar-refractivity contribution in [2.24, 2.45) is 5.92 Å². The molecule has 0 radical (unpaired) electrons. The molecule has 2 rings (SSSR count). The van der Waals surface area contributed by atoms with E-state index in [1.807, 2.05) is 0 Å². The molecule has 1 fully saturated rings. The topological polar surface area (TPSA) is 46.2 Å². The Morgan fingerprint density at radius 3 is 2.29 bits per heavy atom. The molecule has 1 aliphatic rings. The Morgan fingerprint density at radius 2 is 1.82 bits per heavy atom. The van der Waals surface area contributed by atoms with Crippen molar-refractivity contribution < 1.29 is 17.2 Å². The van der Waals surface area contributed by atoms with Crippen LogP contribution in [-0.2, 0) is 10.0 Å². The predicted molar refractivity (Wildman–Crippen MR) is 58.9 cm³/mol. The van der Waals surface area contributed by atoms with Crippen LogP contribution in [0.4, 0.5) is 8.78 Å². The molecule has 0 unspecified atom stereocenters. The first kappa shape index (κ1) is 12.4. The van der Waals surface area contributed by atoms with Gasteiger partial charge in [-0.05, 0) is 37.8 Å². The van der Waals surface area contributed by atoms with Crippen LogP contribution in [0.1, 0.15) is 19.8 Å². The second-order valence-electron chi connectivity index (χ2n) is 4.30. The van der Waals surface area contributed by atoms with Crippen molar-refractivity contribution in [2.45, 2.75) is 30.7 Å². The third-order valence-electron chi connectivity index (χ3n) is 2.86. The van der Waals surface area contributed by atoms with Gasteiger partial charge in [0, 0.05) is 6.04 Å². The third-order valence-corrected chi connectivity index (χ3v) is 4.47. The Bertz CT molecular complexity index is 506. The lowest BCUT2D eigenvalue weighted by atomic mass is 10.2. The summed E-state index contributed by atoms with van der Waals surface area (Å²) >= 11 is 0.